The van der Waals surface area contributed by atoms with Gasteiger partial charge in [0.15, 0.2) is 0 Å². The molecule has 0 bridgehead atoms. The molecular formula is C36H53Cl3N8O4. The largest absolute Gasteiger partial charge is 0.394 e. The van der Waals surface area contributed by atoms with E-state index in [1.54, 1.807) is 0 Å². The van der Waals surface area contributed by atoms with Gasteiger partial charge in [0.2, 0.25) is 11.9 Å². The molecule has 7 rings (SSSR count). The van der Waals surface area contributed by atoms with Crippen LogP contribution in [0.4, 0.5) is 11.9 Å². The van der Waals surface area contributed by atoms with Gasteiger partial charge in [-0.3, -0.25) is 9.80 Å². The number of aliphatic hydroxyl groups is 2. The average Bonchev–Trinajstić information content (AvgIpc) is 3.60. The van der Waals surface area contributed by atoms with E-state index in [0.29, 0.717) is 49.3 Å². The van der Waals surface area contributed by atoms with Crippen LogP contribution in [0.2, 0.25) is 10.0 Å². The van der Waals surface area contributed by atoms with Crippen molar-refractivity contribution in [3.8, 4) is 0 Å². The number of ether oxygens (including phenoxy) is 2. The maximum Gasteiger partial charge on any atom is 0.246 e. The number of piperidine rings is 2. The van der Waals surface area contributed by atoms with Gasteiger partial charge in [0.1, 0.15) is 0 Å². The first-order valence-electron chi connectivity index (χ1n) is 18.0. The number of anilines is 2. The predicted octanol–water partition coefficient (Wildman–Crippen LogP) is 3.43. The van der Waals surface area contributed by atoms with Crippen LogP contribution >= 0.6 is 35.6 Å². The fraction of sp³-hybridized carbons (Fsp3) is 0.611. The molecule has 4 fully saturated rings. The summed E-state index contributed by atoms with van der Waals surface area (Å²) in [6.45, 7) is 7.01. The molecule has 5 heterocycles. The minimum absolute atomic E-state index is 0. The second-order valence-corrected chi connectivity index (χ2v) is 14.7. The van der Waals surface area contributed by atoms with Crippen molar-refractivity contribution in [2.75, 3.05) is 76.3 Å². The number of nitrogens with one attached hydrogen (secondary N) is 2. The lowest BCUT2D eigenvalue weighted by Gasteiger charge is -2.46. The number of aliphatic hydroxyl groups excluding tert-OH is 2. The minimum atomic E-state index is -0.118. The highest BCUT2D eigenvalue weighted by atomic mass is 35.5. The third-order valence-electron chi connectivity index (χ3n) is 10.5. The van der Waals surface area contributed by atoms with E-state index < -0.39 is 0 Å². The fourth-order valence-electron chi connectivity index (χ4n) is 7.75. The SMILES string of the molecule is Cl.Nc1nc(N2CCC(N3C[C@H](CO)OC[C@@H]3Cc3ccc(Cl)cc3)CC2)n[nH]1.OC[C@H]1CN(C2CCNCC2)[C@@H](Cc2ccc(Cl)cc2)CO1. The molecule has 4 aliphatic heterocycles. The Morgan fingerprint density at radius 1 is 0.745 bits per heavy atom. The summed E-state index contributed by atoms with van der Waals surface area (Å²) in [5, 5.41) is 30.9. The van der Waals surface area contributed by atoms with Crippen LogP contribution in [0.3, 0.4) is 0 Å². The van der Waals surface area contributed by atoms with Gasteiger partial charge in [-0.05, 0) is 87.0 Å². The van der Waals surface area contributed by atoms with Gasteiger partial charge in [0, 0.05) is 60.4 Å². The van der Waals surface area contributed by atoms with Gasteiger partial charge < -0.3 is 35.6 Å². The summed E-state index contributed by atoms with van der Waals surface area (Å²) < 4.78 is 11.7. The number of nitrogen functional groups attached to an aromatic ring is 1. The van der Waals surface area contributed by atoms with Crippen LogP contribution in [0.1, 0.15) is 36.8 Å². The third kappa shape index (κ3) is 11.1. The van der Waals surface area contributed by atoms with Gasteiger partial charge in [-0.15, -0.1) is 17.5 Å². The summed E-state index contributed by atoms with van der Waals surface area (Å²) >= 11 is 12.0. The highest BCUT2D eigenvalue weighted by molar-refractivity contribution is 6.30. The van der Waals surface area contributed by atoms with Gasteiger partial charge in [0.25, 0.3) is 0 Å². The molecule has 0 saturated carbocycles. The van der Waals surface area contributed by atoms with Crippen molar-refractivity contribution in [3.63, 3.8) is 0 Å². The molecule has 0 amide bonds. The van der Waals surface area contributed by atoms with Crippen molar-refractivity contribution in [1.82, 2.24) is 30.3 Å². The van der Waals surface area contributed by atoms with Crippen LogP contribution in [0.5, 0.6) is 0 Å². The maximum atomic E-state index is 9.60. The van der Waals surface area contributed by atoms with Gasteiger partial charge in [-0.1, -0.05) is 47.5 Å². The molecule has 3 aromatic rings. The molecule has 0 spiro atoms. The Kier molecular flexibility index (Phi) is 15.5. The summed E-state index contributed by atoms with van der Waals surface area (Å²) in [7, 11) is 0. The number of hydrogen-bond donors (Lipinski definition) is 5. The lowest BCUT2D eigenvalue weighted by atomic mass is 9.96. The van der Waals surface area contributed by atoms with E-state index in [9.17, 15) is 10.2 Å². The van der Waals surface area contributed by atoms with Crippen molar-refractivity contribution in [1.29, 1.82) is 0 Å². The van der Waals surface area contributed by atoms with Crippen molar-refractivity contribution >= 4 is 47.5 Å². The predicted molar refractivity (Wildman–Crippen MR) is 204 cm³/mol. The Morgan fingerprint density at radius 3 is 1.65 bits per heavy atom. The Morgan fingerprint density at radius 2 is 1.22 bits per heavy atom. The highest BCUT2D eigenvalue weighted by Crippen LogP contribution is 2.27. The van der Waals surface area contributed by atoms with E-state index >= 15 is 0 Å². The highest BCUT2D eigenvalue weighted by Gasteiger charge is 2.36. The molecule has 0 radical (unpaired) electrons. The van der Waals surface area contributed by atoms with E-state index in [2.05, 4.69) is 59.5 Å². The molecule has 15 heteroatoms. The smallest absolute Gasteiger partial charge is 0.246 e. The number of rotatable bonds is 9. The molecule has 0 unspecified atom stereocenters. The molecule has 4 atom stereocenters. The van der Waals surface area contributed by atoms with E-state index in [1.807, 2.05) is 24.3 Å². The molecule has 4 saturated heterocycles. The molecule has 2 aromatic carbocycles. The van der Waals surface area contributed by atoms with E-state index in [4.69, 9.17) is 38.4 Å². The van der Waals surface area contributed by atoms with Crippen LogP contribution in [0.15, 0.2) is 48.5 Å². The first-order valence-corrected chi connectivity index (χ1v) is 18.7. The van der Waals surface area contributed by atoms with Gasteiger partial charge in [0.05, 0.1) is 38.6 Å². The number of morpholine rings is 2. The molecule has 4 aliphatic rings. The number of nitrogens with two attached hydrogens (primary N) is 1. The summed E-state index contributed by atoms with van der Waals surface area (Å²) in [5.41, 5.74) is 8.19. The molecule has 6 N–H and O–H groups in total. The van der Waals surface area contributed by atoms with Gasteiger partial charge in [-0.2, -0.15) is 4.98 Å². The normalized spacial score (nSPS) is 25.5. The number of hydrogen-bond acceptors (Lipinski definition) is 11. The topological polar surface area (TPSA) is 148 Å². The van der Waals surface area contributed by atoms with Crippen LogP contribution < -0.4 is 16.0 Å². The molecule has 0 aliphatic carbocycles. The summed E-state index contributed by atoms with van der Waals surface area (Å²) in [6, 6.07) is 17.8. The summed E-state index contributed by atoms with van der Waals surface area (Å²) in [5.74, 6) is 1.02. The van der Waals surface area contributed by atoms with E-state index in [1.165, 1.54) is 24.0 Å². The summed E-state index contributed by atoms with van der Waals surface area (Å²) in [6.07, 6.45) is 6.10. The number of halogens is 3. The lowest BCUT2D eigenvalue weighted by Crippen LogP contribution is -2.57. The van der Waals surface area contributed by atoms with Gasteiger partial charge >= 0.3 is 0 Å². The fourth-order valence-corrected chi connectivity index (χ4v) is 8.01. The van der Waals surface area contributed by atoms with Crippen LogP contribution in [-0.2, 0) is 22.3 Å². The maximum absolute atomic E-state index is 9.60. The van der Waals surface area contributed by atoms with Crippen LogP contribution in [-0.4, -0.2) is 137 Å². The quantitative estimate of drug-likeness (QED) is 0.218. The number of aromatic amines is 1. The Hall–Kier alpha value is -2.23. The van der Waals surface area contributed by atoms with E-state index in [0.717, 1.165) is 75.0 Å². The van der Waals surface area contributed by atoms with Crippen molar-refractivity contribution in [2.24, 2.45) is 0 Å². The zero-order valence-electron chi connectivity index (χ0n) is 29.1. The second kappa shape index (κ2) is 19.7. The van der Waals surface area contributed by atoms with Crippen molar-refractivity contribution in [3.05, 3.63) is 69.7 Å². The number of benzene rings is 2. The van der Waals surface area contributed by atoms with Crippen LogP contribution in [0.25, 0.3) is 0 Å². The second-order valence-electron chi connectivity index (χ2n) is 13.9. The molecule has 282 valence electrons. The number of nitrogens with zero attached hydrogens (tertiary/aromatic N) is 5. The molecule has 12 nitrogen and oxygen atoms in total. The monoisotopic (exact) mass is 766 g/mol. The molecule has 1 aromatic heterocycles. The Balaban J connectivity index is 0.000000199. The zero-order chi connectivity index (χ0) is 34.9. The summed E-state index contributed by atoms with van der Waals surface area (Å²) in [4.78, 5) is 11.5. The van der Waals surface area contributed by atoms with Crippen LogP contribution in [0, 0.1) is 0 Å². The third-order valence-corrected chi connectivity index (χ3v) is 11.0. The standard InChI is InChI=1S/C19H27ClN6O2.C17H25ClN2O2.ClH/c20-14-3-1-13(2-4-14)9-16-12-28-17(11-27)10-26(16)15-5-7-25(8-6-15)19-22-18(21)23-24-19;18-14-3-1-13(2-4-14)9-16-12-22-17(11-21)10-20(16)15-5-7-19-8-6-15;/h1-4,15-17,27H,5-12H2,(H3,21,22,23,24);1-4,15-17,19,21H,5-12H2;1H/t2*16-,17+;/m00./s1. The number of H-pyrrole nitrogens is 1. The van der Waals surface area contributed by atoms with Crippen molar-refractivity contribution in [2.45, 2.75) is 74.9 Å². The number of aromatic nitrogens is 3. The van der Waals surface area contributed by atoms with Crippen molar-refractivity contribution < 1.29 is 19.7 Å². The zero-order valence-corrected chi connectivity index (χ0v) is 31.4. The minimum Gasteiger partial charge on any atom is -0.394 e. The molecular weight excluding hydrogens is 715 g/mol. The molecule has 51 heavy (non-hydrogen) atoms. The lowest BCUT2D eigenvalue weighted by molar-refractivity contribution is -0.0985. The Bertz CT molecular complexity index is 1440. The van der Waals surface area contributed by atoms with E-state index in [-0.39, 0.29) is 37.8 Å². The van der Waals surface area contributed by atoms with Gasteiger partial charge in [-0.25, -0.2) is 5.10 Å². The first-order chi connectivity index (χ1) is 24.4. The first kappa shape index (κ1) is 40.0. The Labute approximate surface area is 317 Å². The average molecular weight is 768 g/mol.